The first-order valence-corrected chi connectivity index (χ1v) is 9.83. The summed E-state index contributed by atoms with van der Waals surface area (Å²) in [6.45, 7) is 6.22. The molecule has 1 aromatic carbocycles. The molecule has 4 fully saturated rings. The molecule has 0 aliphatic carbocycles. The van der Waals surface area contributed by atoms with E-state index in [9.17, 15) is 4.39 Å². The second-order valence-electron chi connectivity index (χ2n) is 8.23. The molecule has 4 aliphatic rings. The summed E-state index contributed by atoms with van der Waals surface area (Å²) in [5.41, 5.74) is 1.27. The molecule has 0 aromatic heterocycles. The topological polar surface area (TPSA) is 43.0 Å². The van der Waals surface area contributed by atoms with E-state index in [0.717, 1.165) is 57.6 Å². The number of piperidine rings is 1. The molecule has 1 N–H and O–H groups in total. The van der Waals surface area contributed by atoms with E-state index in [1.807, 2.05) is 6.07 Å². The fourth-order valence-electron chi connectivity index (χ4n) is 4.69. The molecule has 4 aliphatic heterocycles. The first-order valence-electron chi connectivity index (χ1n) is 9.83. The van der Waals surface area contributed by atoms with Crippen molar-refractivity contribution in [2.45, 2.75) is 42.9 Å². The van der Waals surface area contributed by atoms with Gasteiger partial charge in [-0.1, -0.05) is 6.07 Å². The minimum absolute atomic E-state index is 0.0681. The largest absolute Gasteiger partial charge is 0.485 e. The average Bonchev–Trinajstić information content (AvgIpc) is 3.05. The van der Waals surface area contributed by atoms with E-state index in [2.05, 4.69) is 10.2 Å². The fourth-order valence-corrected chi connectivity index (χ4v) is 4.69. The predicted molar refractivity (Wildman–Crippen MR) is 95.1 cm³/mol. The molecule has 0 amide bonds. The molecule has 1 spiro atoms. The van der Waals surface area contributed by atoms with Gasteiger partial charge in [0.15, 0.2) is 0 Å². The van der Waals surface area contributed by atoms with E-state index in [0.29, 0.717) is 30.9 Å². The number of rotatable bonds is 4. The lowest BCUT2D eigenvalue weighted by molar-refractivity contribution is -0.0802. The molecule has 0 bridgehead atoms. The Morgan fingerprint density at radius 2 is 1.96 bits per heavy atom. The molecule has 1 atom stereocenters. The lowest BCUT2D eigenvalue weighted by Gasteiger charge is -2.40. The molecular weight excluding hydrogens is 335 g/mol. The number of hydrogen-bond acceptors (Lipinski definition) is 5. The summed E-state index contributed by atoms with van der Waals surface area (Å²) in [5.74, 6) is 0.911. The van der Waals surface area contributed by atoms with Crippen LogP contribution in [-0.2, 0) is 9.47 Å². The van der Waals surface area contributed by atoms with Gasteiger partial charge < -0.3 is 19.5 Å². The van der Waals surface area contributed by atoms with Crippen LogP contribution in [0, 0.1) is 5.82 Å². The summed E-state index contributed by atoms with van der Waals surface area (Å²) in [6.07, 6.45) is 3.39. The molecule has 4 heterocycles. The quantitative estimate of drug-likeness (QED) is 0.886. The van der Waals surface area contributed by atoms with Crippen LogP contribution in [0.15, 0.2) is 18.2 Å². The van der Waals surface area contributed by atoms with E-state index in [1.165, 1.54) is 6.07 Å². The van der Waals surface area contributed by atoms with Crippen LogP contribution < -0.4 is 10.1 Å². The standard InChI is InChI=1S/C20H27FN2O3/c21-15-1-2-18(19(7-15)26-17-10-24-11-17)14-3-5-23(6-4-14)16-8-20(25-9-16)12-22-13-20/h1-2,7,14,16-17,22H,3-6,8-13H2. The van der Waals surface area contributed by atoms with Crippen molar-refractivity contribution in [2.24, 2.45) is 0 Å². The van der Waals surface area contributed by atoms with Crippen molar-refractivity contribution in [3.63, 3.8) is 0 Å². The van der Waals surface area contributed by atoms with Gasteiger partial charge in [-0.15, -0.1) is 0 Å². The van der Waals surface area contributed by atoms with Gasteiger partial charge in [-0.25, -0.2) is 4.39 Å². The zero-order valence-corrected chi connectivity index (χ0v) is 15.1. The third-order valence-electron chi connectivity index (χ3n) is 6.45. The van der Waals surface area contributed by atoms with Crippen LogP contribution >= 0.6 is 0 Å². The number of benzene rings is 1. The highest BCUT2D eigenvalue weighted by Gasteiger charge is 2.47. The number of ether oxygens (including phenoxy) is 3. The van der Waals surface area contributed by atoms with Crippen molar-refractivity contribution in [3.8, 4) is 5.75 Å². The first kappa shape index (κ1) is 16.9. The lowest BCUT2D eigenvalue weighted by Crippen LogP contribution is -2.59. The highest BCUT2D eigenvalue weighted by atomic mass is 19.1. The molecule has 6 heteroatoms. The fraction of sp³-hybridized carbons (Fsp3) is 0.700. The predicted octanol–water partition coefficient (Wildman–Crippen LogP) is 1.91. The van der Waals surface area contributed by atoms with Gasteiger partial charge in [0.2, 0.25) is 0 Å². The van der Waals surface area contributed by atoms with Crippen LogP contribution in [0.4, 0.5) is 4.39 Å². The van der Waals surface area contributed by atoms with E-state index in [-0.39, 0.29) is 17.5 Å². The van der Waals surface area contributed by atoms with E-state index < -0.39 is 0 Å². The molecule has 142 valence electrons. The molecule has 5 nitrogen and oxygen atoms in total. The van der Waals surface area contributed by atoms with Crippen molar-refractivity contribution in [3.05, 3.63) is 29.6 Å². The van der Waals surface area contributed by atoms with Gasteiger partial charge in [-0.2, -0.15) is 0 Å². The Kier molecular flexibility index (Phi) is 4.39. The van der Waals surface area contributed by atoms with Crippen molar-refractivity contribution < 1.29 is 18.6 Å². The lowest BCUT2D eigenvalue weighted by atomic mass is 9.86. The molecule has 26 heavy (non-hydrogen) atoms. The molecule has 4 saturated heterocycles. The Morgan fingerprint density at radius 3 is 2.58 bits per heavy atom. The zero-order valence-electron chi connectivity index (χ0n) is 15.1. The summed E-state index contributed by atoms with van der Waals surface area (Å²) < 4.78 is 31.0. The van der Waals surface area contributed by atoms with Gasteiger partial charge in [-0.3, -0.25) is 4.90 Å². The summed E-state index contributed by atoms with van der Waals surface area (Å²) in [5, 5.41) is 3.33. The first-order chi connectivity index (χ1) is 12.7. The Morgan fingerprint density at radius 1 is 1.15 bits per heavy atom. The van der Waals surface area contributed by atoms with Crippen molar-refractivity contribution in [2.75, 3.05) is 46.0 Å². The number of halogens is 1. The Balaban J connectivity index is 1.22. The molecule has 1 unspecified atom stereocenters. The molecule has 5 rings (SSSR count). The summed E-state index contributed by atoms with van der Waals surface area (Å²) in [4.78, 5) is 2.59. The van der Waals surface area contributed by atoms with Gasteiger partial charge in [-0.05, 0) is 49.9 Å². The number of nitrogens with one attached hydrogen (secondary N) is 1. The van der Waals surface area contributed by atoms with Crippen LogP contribution in [0.5, 0.6) is 5.75 Å². The summed E-state index contributed by atoms with van der Waals surface area (Å²) in [7, 11) is 0. The maximum Gasteiger partial charge on any atom is 0.145 e. The van der Waals surface area contributed by atoms with Gasteiger partial charge in [0.05, 0.1) is 25.4 Å². The monoisotopic (exact) mass is 362 g/mol. The Hall–Kier alpha value is -1.21. The molecule has 0 radical (unpaired) electrons. The average molecular weight is 362 g/mol. The third-order valence-corrected chi connectivity index (χ3v) is 6.45. The van der Waals surface area contributed by atoms with E-state index in [1.54, 1.807) is 6.07 Å². The van der Waals surface area contributed by atoms with Crippen LogP contribution in [-0.4, -0.2) is 68.6 Å². The highest BCUT2D eigenvalue weighted by Crippen LogP contribution is 2.38. The van der Waals surface area contributed by atoms with Crippen molar-refractivity contribution >= 4 is 0 Å². The highest BCUT2D eigenvalue weighted by molar-refractivity contribution is 5.37. The Bertz CT molecular complexity index is 654. The summed E-state index contributed by atoms with van der Waals surface area (Å²) >= 11 is 0. The molecule has 0 saturated carbocycles. The molecular formula is C20H27FN2O3. The van der Waals surface area contributed by atoms with Gasteiger partial charge >= 0.3 is 0 Å². The van der Waals surface area contributed by atoms with Crippen molar-refractivity contribution in [1.82, 2.24) is 10.2 Å². The third kappa shape index (κ3) is 3.13. The number of nitrogens with zero attached hydrogens (tertiary/aromatic N) is 1. The molecule has 1 aromatic rings. The minimum atomic E-state index is -0.232. The summed E-state index contributed by atoms with van der Waals surface area (Å²) in [6, 6.07) is 5.56. The van der Waals surface area contributed by atoms with E-state index >= 15 is 0 Å². The van der Waals surface area contributed by atoms with Gasteiger partial charge in [0.1, 0.15) is 17.7 Å². The van der Waals surface area contributed by atoms with Crippen LogP contribution in [0.3, 0.4) is 0 Å². The van der Waals surface area contributed by atoms with Crippen molar-refractivity contribution in [1.29, 1.82) is 0 Å². The van der Waals surface area contributed by atoms with E-state index in [4.69, 9.17) is 14.2 Å². The second-order valence-corrected chi connectivity index (χ2v) is 8.23. The maximum atomic E-state index is 13.7. The SMILES string of the molecule is Fc1ccc(C2CCN(C3COC4(CNC4)C3)CC2)c(OC2COC2)c1. The van der Waals surface area contributed by atoms with Crippen LogP contribution in [0.25, 0.3) is 0 Å². The smallest absolute Gasteiger partial charge is 0.145 e. The second kappa shape index (κ2) is 6.75. The maximum absolute atomic E-state index is 13.7. The minimum Gasteiger partial charge on any atom is -0.485 e. The van der Waals surface area contributed by atoms with Gasteiger partial charge in [0.25, 0.3) is 0 Å². The van der Waals surface area contributed by atoms with Gasteiger partial charge in [0, 0.05) is 25.2 Å². The normalized spacial score (nSPS) is 29.5. The van der Waals surface area contributed by atoms with Crippen LogP contribution in [0.2, 0.25) is 0 Å². The number of hydrogen-bond donors (Lipinski definition) is 1. The number of likely N-dealkylation sites (tertiary alicyclic amines) is 1. The van der Waals surface area contributed by atoms with Crippen LogP contribution in [0.1, 0.15) is 30.7 Å². The Labute approximate surface area is 153 Å². The zero-order chi connectivity index (χ0) is 17.6.